The molecule has 1 atom stereocenters. The summed E-state index contributed by atoms with van der Waals surface area (Å²) in [5.41, 5.74) is 3.41. The fourth-order valence-corrected chi connectivity index (χ4v) is 4.23. The van der Waals surface area contributed by atoms with Crippen molar-refractivity contribution in [3.63, 3.8) is 0 Å². The summed E-state index contributed by atoms with van der Waals surface area (Å²) in [5, 5.41) is 2.88. The molecule has 1 aliphatic heterocycles. The van der Waals surface area contributed by atoms with E-state index >= 15 is 0 Å². The van der Waals surface area contributed by atoms with Crippen molar-refractivity contribution in [1.29, 1.82) is 0 Å². The molecule has 2 heterocycles. The van der Waals surface area contributed by atoms with Crippen molar-refractivity contribution in [3.05, 3.63) is 57.7 Å². The second-order valence-corrected chi connectivity index (χ2v) is 7.83. The molecule has 0 radical (unpaired) electrons. The first kappa shape index (κ1) is 17.5. The number of nitrogens with one attached hydrogen (secondary N) is 1. The van der Waals surface area contributed by atoms with Gasteiger partial charge in [0.05, 0.1) is 16.1 Å². The zero-order chi connectivity index (χ0) is 19.1. The quantitative estimate of drug-likeness (QED) is 0.758. The Hall–Kier alpha value is -2.93. The molecular weight excluding hydrogens is 362 g/mol. The third-order valence-electron chi connectivity index (χ3n) is 4.90. The first-order chi connectivity index (χ1) is 12.9. The van der Waals surface area contributed by atoms with Gasteiger partial charge in [0.25, 0.3) is 0 Å². The Balaban J connectivity index is 1.49. The summed E-state index contributed by atoms with van der Waals surface area (Å²) in [6.07, 6.45) is 0.195. The molecule has 1 saturated heterocycles. The lowest BCUT2D eigenvalue weighted by molar-refractivity contribution is -0.122. The van der Waals surface area contributed by atoms with E-state index in [1.807, 2.05) is 37.3 Å². The van der Waals surface area contributed by atoms with E-state index in [-0.39, 0.29) is 23.1 Å². The van der Waals surface area contributed by atoms with Crippen molar-refractivity contribution >= 4 is 44.7 Å². The number of aromatic nitrogens is 1. The minimum atomic E-state index is -0.399. The van der Waals surface area contributed by atoms with E-state index in [9.17, 15) is 14.4 Å². The lowest BCUT2D eigenvalue weighted by Crippen LogP contribution is -2.28. The summed E-state index contributed by atoms with van der Waals surface area (Å²) in [7, 11) is 1.73. The van der Waals surface area contributed by atoms with Crippen LogP contribution in [0.15, 0.2) is 47.3 Å². The Morgan fingerprint density at radius 1 is 1.15 bits per heavy atom. The maximum Gasteiger partial charge on any atom is 0.307 e. The molecule has 0 spiro atoms. The van der Waals surface area contributed by atoms with Crippen LogP contribution in [0.25, 0.3) is 10.2 Å². The summed E-state index contributed by atoms with van der Waals surface area (Å²) in [6.45, 7) is 2.36. The molecule has 1 fully saturated rings. The van der Waals surface area contributed by atoms with Crippen molar-refractivity contribution in [2.45, 2.75) is 13.3 Å². The number of carbonyl (C=O) groups excluding carboxylic acids is 2. The van der Waals surface area contributed by atoms with Gasteiger partial charge in [-0.1, -0.05) is 29.0 Å². The monoisotopic (exact) mass is 381 g/mol. The minimum absolute atomic E-state index is 0.0383. The largest absolute Gasteiger partial charge is 0.326 e. The number of aryl methyl sites for hydroxylation is 2. The molecule has 4 rings (SSSR count). The van der Waals surface area contributed by atoms with Crippen LogP contribution < -0.4 is 15.1 Å². The fraction of sp³-hybridized carbons (Fsp3) is 0.250. The Labute approximate surface area is 160 Å². The van der Waals surface area contributed by atoms with E-state index in [4.69, 9.17) is 0 Å². The van der Waals surface area contributed by atoms with Gasteiger partial charge in [0.2, 0.25) is 11.8 Å². The molecule has 1 aromatic heterocycles. The molecule has 138 valence electrons. The SMILES string of the molecule is Cc1ccc(N2C[C@H](C(=O)Nc3ccc4c(c3)sc(=O)n4C)CC2=O)cc1. The zero-order valence-corrected chi connectivity index (χ0v) is 15.9. The lowest BCUT2D eigenvalue weighted by atomic mass is 10.1. The molecule has 3 aromatic rings. The third-order valence-corrected chi connectivity index (χ3v) is 5.90. The van der Waals surface area contributed by atoms with Crippen LogP contribution in [0.3, 0.4) is 0 Å². The van der Waals surface area contributed by atoms with E-state index in [1.165, 1.54) is 0 Å². The van der Waals surface area contributed by atoms with Crippen molar-refractivity contribution in [2.24, 2.45) is 13.0 Å². The number of anilines is 2. The van der Waals surface area contributed by atoms with E-state index < -0.39 is 5.92 Å². The zero-order valence-electron chi connectivity index (χ0n) is 15.1. The summed E-state index contributed by atoms with van der Waals surface area (Å²) < 4.78 is 2.41. The number of benzene rings is 2. The second-order valence-electron chi connectivity index (χ2n) is 6.84. The number of rotatable bonds is 3. The van der Waals surface area contributed by atoms with Crippen LogP contribution in [0.5, 0.6) is 0 Å². The average Bonchev–Trinajstić information content (AvgIpc) is 3.16. The van der Waals surface area contributed by atoms with Crippen LogP contribution in [-0.4, -0.2) is 22.9 Å². The average molecular weight is 381 g/mol. The van der Waals surface area contributed by atoms with Crippen LogP contribution in [0.4, 0.5) is 11.4 Å². The molecule has 0 bridgehead atoms. The van der Waals surface area contributed by atoms with E-state index in [1.54, 1.807) is 28.6 Å². The molecule has 2 amide bonds. The highest BCUT2D eigenvalue weighted by molar-refractivity contribution is 7.16. The van der Waals surface area contributed by atoms with Gasteiger partial charge in [-0.25, -0.2) is 0 Å². The summed E-state index contributed by atoms with van der Waals surface area (Å²) in [6, 6.07) is 13.1. The van der Waals surface area contributed by atoms with Gasteiger partial charge in [-0.3, -0.25) is 14.4 Å². The lowest BCUT2D eigenvalue weighted by Gasteiger charge is -2.17. The highest BCUT2D eigenvalue weighted by atomic mass is 32.1. The Morgan fingerprint density at radius 2 is 1.89 bits per heavy atom. The van der Waals surface area contributed by atoms with Crippen LogP contribution in [-0.2, 0) is 16.6 Å². The van der Waals surface area contributed by atoms with Gasteiger partial charge in [0.1, 0.15) is 0 Å². The number of hydrogen-bond acceptors (Lipinski definition) is 4. The Morgan fingerprint density at radius 3 is 2.63 bits per heavy atom. The second kappa shape index (κ2) is 6.66. The maximum atomic E-state index is 12.6. The van der Waals surface area contributed by atoms with Gasteiger partial charge in [0, 0.05) is 31.4 Å². The van der Waals surface area contributed by atoms with E-state index in [2.05, 4.69) is 5.32 Å². The summed E-state index contributed by atoms with van der Waals surface area (Å²) in [4.78, 5) is 38.4. The van der Waals surface area contributed by atoms with Crippen LogP contribution >= 0.6 is 11.3 Å². The molecular formula is C20H19N3O3S. The third kappa shape index (κ3) is 3.26. The van der Waals surface area contributed by atoms with Gasteiger partial charge < -0.3 is 14.8 Å². The predicted octanol–water partition coefficient (Wildman–Crippen LogP) is 2.90. The van der Waals surface area contributed by atoms with Gasteiger partial charge in [-0.15, -0.1) is 0 Å². The highest BCUT2D eigenvalue weighted by Crippen LogP contribution is 2.27. The fourth-order valence-electron chi connectivity index (χ4n) is 3.31. The normalized spacial score (nSPS) is 16.9. The molecule has 0 aliphatic carbocycles. The predicted molar refractivity (Wildman–Crippen MR) is 107 cm³/mol. The Bertz CT molecular complexity index is 1100. The van der Waals surface area contributed by atoms with E-state index in [0.29, 0.717) is 12.2 Å². The summed E-state index contributed by atoms with van der Waals surface area (Å²) >= 11 is 1.15. The van der Waals surface area contributed by atoms with Gasteiger partial charge in [-0.2, -0.15) is 0 Å². The standard InChI is InChI=1S/C20H19N3O3S/c1-12-3-6-15(7-4-12)23-11-13(9-18(23)24)19(25)21-14-5-8-16-17(10-14)27-20(26)22(16)2/h3-8,10,13H,9,11H2,1-2H3,(H,21,25)/t13-/m1/s1. The molecule has 6 nitrogen and oxygen atoms in total. The first-order valence-electron chi connectivity index (χ1n) is 8.70. The topological polar surface area (TPSA) is 71.4 Å². The molecule has 2 aromatic carbocycles. The minimum Gasteiger partial charge on any atom is -0.326 e. The molecule has 0 saturated carbocycles. The van der Waals surface area contributed by atoms with Crippen LogP contribution in [0, 0.1) is 12.8 Å². The first-order valence-corrected chi connectivity index (χ1v) is 9.51. The molecule has 7 heteroatoms. The Kier molecular flexibility index (Phi) is 4.31. The number of amides is 2. The molecule has 1 N–H and O–H groups in total. The number of nitrogens with zero attached hydrogens (tertiary/aromatic N) is 2. The van der Waals surface area contributed by atoms with Crippen LogP contribution in [0.1, 0.15) is 12.0 Å². The van der Waals surface area contributed by atoms with Crippen molar-refractivity contribution in [1.82, 2.24) is 4.57 Å². The molecule has 0 unspecified atom stereocenters. The van der Waals surface area contributed by atoms with Crippen molar-refractivity contribution in [2.75, 3.05) is 16.8 Å². The molecule has 27 heavy (non-hydrogen) atoms. The van der Waals surface area contributed by atoms with E-state index in [0.717, 1.165) is 32.8 Å². The van der Waals surface area contributed by atoms with Crippen LogP contribution in [0.2, 0.25) is 0 Å². The van der Waals surface area contributed by atoms with Crippen molar-refractivity contribution in [3.8, 4) is 0 Å². The number of hydrogen-bond donors (Lipinski definition) is 1. The van der Waals surface area contributed by atoms with Crippen molar-refractivity contribution < 1.29 is 9.59 Å². The highest BCUT2D eigenvalue weighted by Gasteiger charge is 2.35. The smallest absolute Gasteiger partial charge is 0.307 e. The van der Waals surface area contributed by atoms with Gasteiger partial charge in [-0.05, 0) is 37.3 Å². The summed E-state index contributed by atoms with van der Waals surface area (Å²) in [5.74, 6) is -0.625. The maximum absolute atomic E-state index is 12.6. The number of fused-ring (bicyclic) bond motifs is 1. The number of thiazole rings is 1. The number of carbonyl (C=O) groups is 2. The van der Waals surface area contributed by atoms with Gasteiger partial charge >= 0.3 is 4.87 Å². The van der Waals surface area contributed by atoms with Gasteiger partial charge in [0.15, 0.2) is 0 Å². The molecule has 1 aliphatic rings.